The molecule has 150 valence electrons. The molecule has 29 heavy (non-hydrogen) atoms. The largest absolute Gasteiger partial charge is 0.331 e. The van der Waals surface area contributed by atoms with Crippen molar-refractivity contribution < 1.29 is 26.7 Å². The van der Waals surface area contributed by atoms with Crippen LogP contribution in [-0.2, 0) is 6.54 Å². The van der Waals surface area contributed by atoms with Gasteiger partial charge in [-0.3, -0.25) is 9.78 Å². The normalized spacial score (nSPS) is 11.0. The molecule has 0 spiro atoms. The van der Waals surface area contributed by atoms with Crippen LogP contribution in [0.15, 0.2) is 43.5 Å². The highest BCUT2D eigenvalue weighted by Gasteiger charge is 2.17. The topological polar surface area (TPSA) is 59.8 Å². The quantitative estimate of drug-likeness (QED) is 0.480. The Kier molecular flexibility index (Phi) is 5.71. The first-order valence-corrected chi connectivity index (χ1v) is 8.15. The van der Waals surface area contributed by atoms with Crippen LogP contribution < -0.4 is 5.32 Å². The van der Waals surface area contributed by atoms with Gasteiger partial charge < -0.3 is 9.88 Å². The van der Waals surface area contributed by atoms with Gasteiger partial charge in [0.2, 0.25) is 0 Å². The summed E-state index contributed by atoms with van der Waals surface area (Å²) < 4.78 is 67.1. The Morgan fingerprint density at radius 2 is 1.86 bits per heavy atom. The van der Waals surface area contributed by atoms with Gasteiger partial charge in [-0.05, 0) is 29.8 Å². The molecule has 0 aliphatic rings. The lowest BCUT2D eigenvalue weighted by Gasteiger charge is -2.07. The van der Waals surface area contributed by atoms with Crippen molar-refractivity contribution in [1.29, 1.82) is 0 Å². The highest BCUT2D eigenvalue weighted by atomic mass is 19.3. The molecular formula is C19H13F5N4O. The lowest BCUT2D eigenvalue weighted by atomic mass is 10.1. The predicted octanol–water partition coefficient (Wildman–Crippen LogP) is 4.58. The van der Waals surface area contributed by atoms with Gasteiger partial charge in [-0.15, -0.1) is 0 Å². The Balaban J connectivity index is 1.74. The number of imidazole rings is 1. The Morgan fingerprint density at radius 3 is 2.48 bits per heavy atom. The number of pyridine rings is 1. The SMILES string of the molecule is C=Cc1ncc(C(=O)Nc2cn(Cc3cc(F)c(F)c(F)c3)cn2)cc1C(F)F. The summed E-state index contributed by atoms with van der Waals surface area (Å²) in [7, 11) is 0. The molecule has 0 saturated heterocycles. The Hall–Kier alpha value is -3.56. The third-order valence-electron chi connectivity index (χ3n) is 3.92. The molecule has 3 aromatic rings. The third-order valence-corrected chi connectivity index (χ3v) is 3.92. The molecule has 0 aliphatic heterocycles. The second-order valence-electron chi connectivity index (χ2n) is 5.96. The summed E-state index contributed by atoms with van der Waals surface area (Å²) in [4.78, 5) is 20.0. The minimum absolute atomic E-state index is 0.0282. The van der Waals surface area contributed by atoms with E-state index < -0.39 is 35.3 Å². The Morgan fingerprint density at radius 1 is 1.17 bits per heavy atom. The molecule has 0 unspecified atom stereocenters. The first-order valence-electron chi connectivity index (χ1n) is 8.15. The smallest absolute Gasteiger partial charge is 0.265 e. The van der Waals surface area contributed by atoms with Crippen molar-refractivity contribution in [3.63, 3.8) is 0 Å². The van der Waals surface area contributed by atoms with Gasteiger partial charge in [0, 0.05) is 24.5 Å². The van der Waals surface area contributed by atoms with E-state index >= 15 is 0 Å². The number of hydrogen-bond acceptors (Lipinski definition) is 3. The van der Waals surface area contributed by atoms with Crippen LogP contribution in [0.3, 0.4) is 0 Å². The maximum Gasteiger partial charge on any atom is 0.265 e. The van der Waals surface area contributed by atoms with E-state index in [0.29, 0.717) is 0 Å². The number of nitrogens with one attached hydrogen (secondary N) is 1. The fourth-order valence-corrected chi connectivity index (χ4v) is 2.57. The van der Waals surface area contributed by atoms with E-state index in [9.17, 15) is 26.7 Å². The number of anilines is 1. The molecule has 2 aromatic heterocycles. The lowest BCUT2D eigenvalue weighted by molar-refractivity contribution is 0.102. The van der Waals surface area contributed by atoms with Gasteiger partial charge in [0.05, 0.1) is 17.6 Å². The fraction of sp³-hybridized carbons (Fsp3) is 0.105. The average molecular weight is 408 g/mol. The van der Waals surface area contributed by atoms with E-state index in [1.165, 1.54) is 17.1 Å². The van der Waals surface area contributed by atoms with Crippen molar-refractivity contribution in [2.75, 3.05) is 5.32 Å². The standard InChI is InChI=1S/C19H13F5N4O/c1-2-15-12(18(23)24)5-11(6-25-15)19(29)27-16-8-28(9-26-16)7-10-3-13(20)17(22)14(21)4-10/h2-6,8-9,18H,1,7H2,(H,27,29). The van der Waals surface area contributed by atoms with Crippen molar-refractivity contribution >= 4 is 17.8 Å². The van der Waals surface area contributed by atoms with Crippen LogP contribution in [0.5, 0.6) is 0 Å². The molecule has 2 heterocycles. The number of alkyl halides is 2. The molecule has 5 nitrogen and oxygen atoms in total. The van der Waals surface area contributed by atoms with Gasteiger partial charge in [0.1, 0.15) is 0 Å². The van der Waals surface area contributed by atoms with Crippen LogP contribution in [0.4, 0.5) is 27.8 Å². The molecule has 0 saturated carbocycles. The first kappa shape index (κ1) is 20.2. The van der Waals surface area contributed by atoms with Crippen LogP contribution in [0.1, 0.15) is 33.6 Å². The molecule has 0 bridgehead atoms. The van der Waals surface area contributed by atoms with E-state index in [4.69, 9.17) is 0 Å². The van der Waals surface area contributed by atoms with Crippen molar-refractivity contribution in [1.82, 2.24) is 14.5 Å². The molecule has 0 fully saturated rings. The molecular weight excluding hydrogens is 395 g/mol. The van der Waals surface area contributed by atoms with Crippen LogP contribution in [0.25, 0.3) is 6.08 Å². The maximum atomic E-state index is 13.3. The molecule has 1 amide bonds. The zero-order valence-corrected chi connectivity index (χ0v) is 14.7. The summed E-state index contributed by atoms with van der Waals surface area (Å²) in [6, 6.07) is 2.69. The molecule has 10 heteroatoms. The van der Waals surface area contributed by atoms with Crippen LogP contribution >= 0.6 is 0 Å². The van der Waals surface area contributed by atoms with E-state index in [0.717, 1.165) is 30.5 Å². The third kappa shape index (κ3) is 4.48. The zero-order chi connectivity index (χ0) is 21.1. The number of rotatable bonds is 6. The lowest BCUT2D eigenvalue weighted by Crippen LogP contribution is -2.13. The summed E-state index contributed by atoms with van der Waals surface area (Å²) in [6.07, 6.45) is 2.08. The van der Waals surface area contributed by atoms with Crippen LogP contribution in [0.2, 0.25) is 0 Å². The number of nitrogens with zero attached hydrogens (tertiary/aromatic N) is 3. The van der Waals surface area contributed by atoms with Crippen molar-refractivity contribution in [3.8, 4) is 0 Å². The maximum absolute atomic E-state index is 13.3. The summed E-state index contributed by atoms with van der Waals surface area (Å²) in [5, 5.41) is 2.41. The molecule has 0 atom stereocenters. The van der Waals surface area contributed by atoms with E-state index in [2.05, 4.69) is 21.9 Å². The van der Waals surface area contributed by atoms with Gasteiger partial charge in [-0.2, -0.15) is 0 Å². The van der Waals surface area contributed by atoms with Gasteiger partial charge in [0.15, 0.2) is 23.3 Å². The highest BCUT2D eigenvalue weighted by molar-refractivity contribution is 6.03. The summed E-state index contributed by atoms with van der Waals surface area (Å²) in [5.41, 5.74) is -0.427. The number of halogens is 5. The number of hydrogen-bond donors (Lipinski definition) is 1. The summed E-state index contributed by atoms with van der Waals surface area (Å²) in [6.45, 7) is 3.35. The van der Waals surface area contributed by atoms with E-state index in [1.807, 2.05) is 0 Å². The fourth-order valence-electron chi connectivity index (χ4n) is 2.57. The molecule has 3 rings (SSSR count). The summed E-state index contributed by atoms with van der Waals surface area (Å²) in [5.74, 6) is -4.85. The van der Waals surface area contributed by atoms with Gasteiger partial charge in [-0.25, -0.2) is 26.9 Å². The minimum Gasteiger partial charge on any atom is -0.331 e. The average Bonchev–Trinajstić information content (AvgIpc) is 3.12. The second kappa shape index (κ2) is 8.21. The van der Waals surface area contributed by atoms with Crippen LogP contribution in [0, 0.1) is 17.5 Å². The number of benzene rings is 1. The Labute approximate surface area is 161 Å². The van der Waals surface area contributed by atoms with Crippen molar-refractivity contribution in [2.24, 2.45) is 0 Å². The number of carbonyl (C=O) groups is 1. The minimum atomic E-state index is -2.83. The van der Waals surface area contributed by atoms with Gasteiger partial charge >= 0.3 is 0 Å². The second-order valence-corrected chi connectivity index (χ2v) is 5.96. The Bertz CT molecular complexity index is 1060. The van der Waals surface area contributed by atoms with Gasteiger partial charge in [-0.1, -0.05) is 6.58 Å². The first-order chi connectivity index (χ1) is 13.8. The highest BCUT2D eigenvalue weighted by Crippen LogP contribution is 2.24. The number of carbonyl (C=O) groups excluding carboxylic acids is 1. The van der Waals surface area contributed by atoms with Crippen molar-refractivity contribution in [3.05, 3.63) is 83.3 Å². The number of amides is 1. The molecule has 1 aromatic carbocycles. The van der Waals surface area contributed by atoms with Crippen LogP contribution in [-0.4, -0.2) is 20.4 Å². The van der Waals surface area contributed by atoms with Gasteiger partial charge in [0.25, 0.3) is 12.3 Å². The van der Waals surface area contributed by atoms with E-state index in [-0.39, 0.29) is 29.2 Å². The number of aromatic nitrogens is 3. The zero-order valence-electron chi connectivity index (χ0n) is 14.7. The molecule has 0 aliphatic carbocycles. The molecule has 0 radical (unpaired) electrons. The molecule has 1 N–H and O–H groups in total. The predicted molar refractivity (Wildman–Crippen MR) is 94.9 cm³/mol. The monoisotopic (exact) mass is 408 g/mol. The van der Waals surface area contributed by atoms with E-state index in [1.54, 1.807) is 0 Å². The van der Waals surface area contributed by atoms with Crippen molar-refractivity contribution in [2.45, 2.75) is 13.0 Å². The summed E-state index contributed by atoms with van der Waals surface area (Å²) >= 11 is 0.